The van der Waals surface area contributed by atoms with Gasteiger partial charge in [0.05, 0.1) is 19.4 Å². The highest BCUT2D eigenvalue weighted by molar-refractivity contribution is 6.05. The van der Waals surface area contributed by atoms with E-state index in [9.17, 15) is 14.4 Å². The largest absolute Gasteiger partial charge is 0.461 e. The Morgan fingerprint density at radius 3 is 2.41 bits per heavy atom. The molecule has 7 heteroatoms. The van der Waals surface area contributed by atoms with E-state index < -0.39 is 5.97 Å². The van der Waals surface area contributed by atoms with Crippen LogP contribution in [0.1, 0.15) is 70.4 Å². The van der Waals surface area contributed by atoms with Crippen LogP contribution in [0.5, 0.6) is 0 Å². The molecule has 0 N–H and O–H groups in total. The fourth-order valence-electron chi connectivity index (χ4n) is 3.63. The van der Waals surface area contributed by atoms with Crippen molar-refractivity contribution in [3.63, 3.8) is 0 Å². The number of Topliss-reactive ketones (excluding diaryl/α,β-unsaturated/α-hetero) is 1. The van der Waals surface area contributed by atoms with Crippen molar-refractivity contribution in [1.82, 2.24) is 9.47 Å². The number of ether oxygens (including phenoxy) is 1. The van der Waals surface area contributed by atoms with Crippen LogP contribution in [-0.2, 0) is 11.3 Å². The maximum absolute atomic E-state index is 13.2. The molecule has 0 atom stereocenters. The summed E-state index contributed by atoms with van der Waals surface area (Å²) in [6.07, 6.45) is 1.43. The third kappa shape index (κ3) is 4.78. The molecule has 0 aliphatic rings. The lowest BCUT2D eigenvalue weighted by molar-refractivity contribution is 0.0512. The molecular weight excluding hydrogens is 372 g/mol. The summed E-state index contributed by atoms with van der Waals surface area (Å²) in [5.74, 6) is -0.602. The predicted molar refractivity (Wildman–Crippen MR) is 109 cm³/mol. The zero-order chi connectivity index (χ0) is 21.7. The number of furan rings is 1. The fourth-order valence-corrected chi connectivity index (χ4v) is 3.63. The predicted octanol–water partition coefficient (Wildman–Crippen LogP) is 3.88. The van der Waals surface area contributed by atoms with E-state index in [1.807, 2.05) is 27.7 Å². The van der Waals surface area contributed by atoms with E-state index in [-0.39, 0.29) is 36.5 Å². The lowest BCUT2D eigenvalue weighted by Crippen LogP contribution is -2.38. The van der Waals surface area contributed by atoms with Gasteiger partial charge in [-0.25, -0.2) is 4.79 Å². The molecule has 0 aliphatic carbocycles. The quantitative estimate of drug-likeness (QED) is 0.470. The van der Waals surface area contributed by atoms with Crippen molar-refractivity contribution < 1.29 is 23.5 Å². The number of rotatable bonds is 9. The Hall–Kier alpha value is -2.83. The van der Waals surface area contributed by atoms with Gasteiger partial charge < -0.3 is 18.6 Å². The number of carbonyl (C=O) groups is 3. The summed E-state index contributed by atoms with van der Waals surface area (Å²) in [6, 6.07) is 3.23. The maximum Gasteiger partial charge on any atom is 0.355 e. The second-order valence-electron chi connectivity index (χ2n) is 7.38. The molecule has 0 spiro atoms. The molecule has 0 saturated carbocycles. The van der Waals surface area contributed by atoms with Gasteiger partial charge in [-0.15, -0.1) is 0 Å². The molecule has 0 bridgehead atoms. The van der Waals surface area contributed by atoms with E-state index >= 15 is 0 Å². The number of nitrogens with zero attached hydrogens (tertiary/aromatic N) is 2. The minimum absolute atomic E-state index is 0.0879. The summed E-state index contributed by atoms with van der Waals surface area (Å²) >= 11 is 0. The van der Waals surface area contributed by atoms with E-state index in [0.717, 1.165) is 0 Å². The third-order valence-electron chi connectivity index (χ3n) is 4.77. The number of hydrogen-bond acceptors (Lipinski definition) is 5. The van der Waals surface area contributed by atoms with Crippen molar-refractivity contribution in [3.05, 3.63) is 46.7 Å². The number of aromatic nitrogens is 1. The van der Waals surface area contributed by atoms with E-state index in [1.54, 1.807) is 30.5 Å². The Morgan fingerprint density at radius 2 is 1.90 bits per heavy atom. The Bertz CT molecular complexity index is 878. The highest BCUT2D eigenvalue weighted by Gasteiger charge is 2.29. The van der Waals surface area contributed by atoms with Crippen LogP contribution in [0.4, 0.5) is 0 Å². The minimum Gasteiger partial charge on any atom is -0.461 e. The third-order valence-corrected chi connectivity index (χ3v) is 4.77. The first-order chi connectivity index (χ1) is 13.7. The molecule has 0 unspecified atom stereocenters. The van der Waals surface area contributed by atoms with E-state index in [1.165, 1.54) is 11.2 Å². The number of amides is 1. The zero-order valence-electron chi connectivity index (χ0n) is 18.1. The van der Waals surface area contributed by atoms with Gasteiger partial charge in [-0.05, 0) is 51.3 Å². The average molecular weight is 402 g/mol. The van der Waals surface area contributed by atoms with Crippen LogP contribution in [0.25, 0.3) is 0 Å². The van der Waals surface area contributed by atoms with Gasteiger partial charge >= 0.3 is 5.97 Å². The molecular formula is C22H30N2O5. The second-order valence-corrected chi connectivity index (χ2v) is 7.38. The monoisotopic (exact) mass is 402 g/mol. The Kier molecular flexibility index (Phi) is 7.42. The maximum atomic E-state index is 13.2. The molecule has 2 heterocycles. The first-order valence-electron chi connectivity index (χ1n) is 9.95. The molecule has 2 rings (SSSR count). The summed E-state index contributed by atoms with van der Waals surface area (Å²) < 4.78 is 12.2. The van der Waals surface area contributed by atoms with Crippen molar-refractivity contribution in [2.45, 2.75) is 48.1 Å². The van der Waals surface area contributed by atoms with Crippen molar-refractivity contribution >= 4 is 17.7 Å². The average Bonchev–Trinajstić information content (AvgIpc) is 3.26. The van der Waals surface area contributed by atoms with Gasteiger partial charge in [0.2, 0.25) is 0 Å². The van der Waals surface area contributed by atoms with Crippen LogP contribution in [0.2, 0.25) is 0 Å². The van der Waals surface area contributed by atoms with Gasteiger partial charge in [-0.1, -0.05) is 13.8 Å². The van der Waals surface area contributed by atoms with Gasteiger partial charge in [0.25, 0.3) is 5.91 Å². The Morgan fingerprint density at radius 1 is 1.21 bits per heavy atom. The summed E-state index contributed by atoms with van der Waals surface area (Å²) in [7, 11) is 0. The van der Waals surface area contributed by atoms with Crippen LogP contribution in [0.3, 0.4) is 0 Å². The minimum atomic E-state index is -0.445. The molecule has 0 fully saturated rings. The van der Waals surface area contributed by atoms with Crippen molar-refractivity contribution in [3.8, 4) is 0 Å². The van der Waals surface area contributed by atoms with Gasteiger partial charge in [0, 0.05) is 24.3 Å². The number of hydrogen-bond donors (Lipinski definition) is 0. The number of carbonyl (C=O) groups excluding carboxylic acids is 3. The standard InChI is InChI=1S/C22H30N2O5/c1-7-24-16(6)19(15(5)20(24)22(27)28-8-2)17(25)13-23(12-14(3)4)21(26)18-10-9-11-29-18/h9-11,14H,7-8,12-13H2,1-6H3. The first-order valence-corrected chi connectivity index (χ1v) is 9.95. The second kappa shape index (κ2) is 9.58. The highest BCUT2D eigenvalue weighted by Crippen LogP contribution is 2.24. The molecule has 0 aromatic carbocycles. The molecule has 29 heavy (non-hydrogen) atoms. The van der Waals surface area contributed by atoms with Crippen LogP contribution in [0, 0.1) is 19.8 Å². The molecule has 2 aromatic rings. The summed E-state index contributed by atoms with van der Waals surface area (Å²) in [5.41, 5.74) is 2.15. The van der Waals surface area contributed by atoms with Crippen LogP contribution in [0.15, 0.2) is 22.8 Å². The summed E-state index contributed by atoms with van der Waals surface area (Å²) in [5, 5.41) is 0. The van der Waals surface area contributed by atoms with Crippen molar-refractivity contribution in [2.75, 3.05) is 19.7 Å². The molecule has 7 nitrogen and oxygen atoms in total. The lowest BCUT2D eigenvalue weighted by atomic mass is 10.0. The Balaban J connectivity index is 2.39. The van der Waals surface area contributed by atoms with Crippen LogP contribution < -0.4 is 0 Å². The van der Waals surface area contributed by atoms with Crippen molar-refractivity contribution in [1.29, 1.82) is 0 Å². The molecule has 0 radical (unpaired) electrons. The topological polar surface area (TPSA) is 81.8 Å². The molecule has 158 valence electrons. The summed E-state index contributed by atoms with van der Waals surface area (Å²) in [4.78, 5) is 40.0. The zero-order valence-corrected chi connectivity index (χ0v) is 18.1. The normalized spacial score (nSPS) is 11.0. The first kappa shape index (κ1) is 22.5. The lowest BCUT2D eigenvalue weighted by Gasteiger charge is -2.23. The van der Waals surface area contributed by atoms with E-state index in [2.05, 4.69) is 0 Å². The molecule has 0 saturated heterocycles. The van der Waals surface area contributed by atoms with E-state index in [4.69, 9.17) is 9.15 Å². The fraction of sp³-hybridized carbons (Fsp3) is 0.500. The van der Waals surface area contributed by atoms with Crippen LogP contribution in [-0.4, -0.2) is 46.8 Å². The van der Waals surface area contributed by atoms with Gasteiger partial charge in [-0.2, -0.15) is 0 Å². The smallest absolute Gasteiger partial charge is 0.355 e. The van der Waals surface area contributed by atoms with Gasteiger partial charge in [0.15, 0.2) is 11.5 Å². The molecule has 1 amide bonds. The van der Waals surface area contributed by atoms with Crippen LogP contribution >= 0.6 is 0 Å². The number of ketones is 1. The summed E-state index contributed by atoms with van der Waals surface area (Å²) in [6.45, 7) is 12.3. The van der Waals surface area contributed by atoms with E-state index in [0.29, 0.717) is 35.6 Å². The van der Waals surface area contributed by atoms with Crippen molar-refractivity contribution in [2.24, 2.45) is 5.92 Å². The van der Waals surface area contributed by atoms with Gasteiger partial charge in [-0.3, -0.25) is 9.59 Å². The molecule has 0 aliphatic heterocycles. The van der Waals surface area contributed by atoms with Gasteiger partial charge in [0.1, 0.15) is 5.69 Å². The highest BCUT2D eigenvalue weighted by atomic mass is 16.5. The SMILES string of the molecule is CCOC(=O)c1c(C)c(C(=O)CN(CC(C)C)C(=O)c2ccco2)c(C)n1CC. The number of esters is 1. The Labute approximate surface area is 171 Å². The molecule has 2 aromatic heterocycles.